The van der Waals surface area contributed by atoms with Crippen LogP contribution in [-0.2, 0) is 17.8 Å². The van der Waals surface area contributed by atoms with Gasteiger partial charge in [-0.15, -0.1) is 0 Å². The number of β-amino-alcohol motifs (C(OH)–C–C–N with tert-alkyl or cyclic N) is 1. The van der Waals surface area contributed by atoms with Crippen molar-refractivity contribution in [3.63, 3.8) is 0 Å². The molecule has 1 aliphatic rings. The highest BCUT2D eigenvalue weighted by Gasteiger charge is 2.25. The van der Waals surface area contributed by atoms with E-state index in [-0.39, 0.29) is 12.3 Å². The van der Waals surface area contributed by atoms with Crippen LogP contribution in [0.4, 0.5) is 0 Å². The van der Waals surface area contributed by atoms with Gasteiger partial charge in [-0.2, -0.15) is 0 Å². The molecular formula is C19H20BrNO3. The molecule has 0 aliphatic carbocycles. The zero-order valence-corrected chi connectivity index (χ0v) is 14.9. The third-order valence-corrected chi connectivity index (χ3v) is 4.61. The van der Waals surface area contributed by atoms with Crippen LogP contribution in [0.2, 0.25) is 0 Å². The Morgan fingerprint density at radius 3 is 2.75 bits per heavy atom. The average Bonchev–Trinajstić information content (AvgIpc) is 3.02. The maximum atomic E-state index is 12.4. The predicted molar refractivity (Wildman–Crippen MR) is 95.8 cm³/mol. The number of aliphatic hydroxyl groups is 1. The van der Waals surface area contributed by atoms with Gasteiger partial charge in [0.25, 0.3) is 0 Å². The second-order valence-corrected chi connectivity index (χ2v) is 6.90. The average molecular weight is 390 g/mol. The Morgan fingerprint density at radius 1 is 1.25 bits per heavy atom. The molecule has 1 aliphatic heterocycles. The Balaban J connectivity index is 1.69. The molecule has 2 aromatic carbocycles. The molecule has 0 aromatic heterocycles. The smallest absolute Gasteiger partial charge is 0.227 e. The first-order chi connectivity index (χ1) is 11.6. The Morgan fingerprint density at radius 2 is 2.04 bits per heavy atom. The summed E-state index contributed by atoms with van der Waals surface area (Å²) < 4.78 is 6.84. The Labute approximate surface area is 150 Å². The number of aliphatic hydroxyl groups excluding tert-OH is 1. The van der Waals surface area contributed by atoms with Gasteiger partial charge in [0.2, 0.25) is 5.91 Å². The molecule has 1 N–H and O–H groups in total. The number of hydrogen-bond acceptors (Lipinski definition) is 3. The van der Waals surface area contributed by atoms with Gasteiger partial charge in [-0.3, -0.25) is 4.79 Å². The number of likely N-dealkylation sites (tertiary alicyclic amines) is 1. The number of ether oxygens (including phenoxy) is 1. The minimum atomic E-state index is -0.398. The lowest BCUT2D eigenvalue weighted by Gasteiger charge is -2.17. The molecule has 2 aromatic rings. The van der Waals surface area contributed by atoms with Gasteiger partial charge in [0.1, 0.15) is 12.4 Å². The van der Waals surface area contributed by atoms with E-state index in [1.165, 1.54) is 0 Å². The lowest BCUT2D eigenvalue weighted by atomic mass is 10.1. The summed E-state index contributed by atoms with van der Waals surface area (Å²) in [6.07, 6.45) is 0.531. The Hall–Kier alpha value is -1.85. The van der Waals surface area contributed by atoms with Crippen molar-refractivity contribution in [1.82, 2.24) is 4.90 Å². The summed E-state index contributed by atoms with van der Waals surface area (Å²) in [5, 5.41) is 9.60. The van der Waals surface area contributed by atoms with Gasteiger partial charge < -0.3 is 14.7 Å². The van der Waals surface area contributed by atoms with Crippen molar-refractivity contribution in [3.05, 3.63) is 64.1 Å². The van der Waals surface area contributed by atoms with Crippen LogP contribution in [0.3, 0.4) is 0 Å². The van der Waals surface area contributed by atoms with Crippen molar-refractivity contribution in [2.24, 2.45) is 0 Å². The molecule has 4 nitrogen and oxygen atoms in total. The number of halogens is 1. The molecule has 1 unspecified atom stereocenters. The van der Waals surface area contributed by atoms with E-state index in [2.05, 4.69) is 15.9 Å². The molecule has 1 fully saturated rings. The van der Waals surface area contributed by atoms with Crippen LogP contribution in [0.15, 0.2) is 53.0 Å². The number of carbonyl (C=O) groups excluding carboxylic acids is 1. The first kappa shape index (κ1) is 17.0. The van der Waals surface area contributed by atoms with Gasteiger partial charge in [0.05, 0.1) is 12.5 Å². The molecule has 0 radical (unpaired) electrons. The summed E-state index contributed by atoms with van der Waals surface area (Å²) in [6, 6.07) is 15.7. The summed E-state index contributed by atoms with van der Waals surface area (Å²) in [7, 11) is 0. The lowest BCUT2D eigenvalue weighted by Crippen LogP contribution is -2.31. The highest BCUT2D eigenvalue weighted by Crippen LogP contribution is 2.25. The van der Waals surface area contributed by atoms with Crippen molar-refractivity contribution in [2.75, 3.05) is 13.1 Å². The van der Waals surface area contributed by atoms with E-state index in [0.717, 1.165) is 21.3 Å². The van der Waals surface area contributed by atoms with Crippen molar-refractivity contribution in [2.45, 2.75) is 25.6 Å². The van der Waals surface area contributed by atoms with E-state index in [1.54, 1.807) is 4.90 Å². The summed E-state index contributed by atoms with van der Waals surface area (Å²) >= 11 is 3.45. The fourth-order valence-electron chi connectivity index (χ4n) is 2.81. The zero-order valence-electron chi connectivity index (χ0n) is 13.3. The van der Waals surface area contributed by atoms with Crippen molar-refractivity contribution < 1.29 is 14.6 Å². The molecule has 1 heterocycles. The SMILES string of the molecule is O=C(Cc1cc(Br)ccc1OCc1ccccc1)N1CCC(O)C1. The van der Waals surface area contributed by atoms with Gasteiger partial charge in [0, 0.05) is 23.1 Å². The fourth-order valence-corrected chi connectivity index (χ4v) is 3.21. The normalized spacial score (nSPS) is 17.1. The number of hydrogen-bond donors (Lipinski definition) is 1. The quantitative estimate of drug-likeness (QED) is 0.854. The van der Waals surface area contributed by atoms with Crippen molar-refractivity contribution in [3.8, 4) is 5.75 Å². The predicted octanol–water partition coefficient (Wildman–Crippen LogP) is 3.16. The third-order valence-electron chi connectivity index (χ3n) is 4.12. The molecule has 24 heavy (non-hydrogen) atoms. The standard InChI is InChI=1S/C19H20BrNO3/c20-16-6-7-18(24-13-14-4-2-1-3-5-14)15(10-16)11-19(23)21-9-8-17(22)12-21/h1-7,10,17,22H,8-9,11-13H2. The molecule has 0 bridgehead atoms. The second-order valence-electron chi connectivity index (χ2n) is 5.99. The number of nitrogens with zero attached hydrogens (tertiary/aromatic N) is 1. The van der Waals surface area contributed by atoms with Gasteiger partial charge in [-0.1, -0.05) is 46.3 Å². The minimum Gasteiger partial charge on any atom is -0.489 e. The Bertz CT molecular complexity index is 705. The largest absolute Gasteiger partial charge is 0.489 e. The number of rotatable bonds is 5. The van der Waals surface area contributed by atoms with E-state index < -0.39 is 6.10 Å². The third kappa shape index (κ3) is 4.36. The summed E-state index contributed by atoms with van der Waals surface area (Å²) in [6.45, 7) is 1.51. The van der Waals surface area contributed by atoms with Crippen LogP contribution in [0, 0.1) is 0 Å². The second kappa shape index (κ2) is 7.81. The first-order valence-electron chi connectivity index (χ1n) is 8.03. The molecule has 5 heteroatoms. The molecule has 1 saturated heterocycles. The first-order valence-corrected chi connectivity index (χ1v) is 8.82. The zero-order chi connectivity index (χ0) is 16.9. The van der Waals surface area contributed by atoms with Gasteiger partial charge in [0.15, 0.2) is 0 Å². The van der Waals surface area contributed by atoms with Crippen molar-refractivity contribution >= 4 is 21.8 Å². The van der Waals surface area contributed by atoms with Crippen molar-refractivity contribution in [1.29, 1.82) is 0 Å². The van der Waals surface area contributed by atoms with Gasteiger partial charge in [-0.05, 0) is 30.2 Å². The van der Waals surface area contributed by atoms with Crippen LogP contribution in [0.1, 0.15) is 17.5 Å². The highest BCUT2D eigenvalue weighted by molar-refractivity contribution is 9.10. The highest BCUT2D eigenvalue weighted by atomic mass is 79.9. The van der Waals surface area contributed by atoms with Crippen LogP contribution in [0.25, 0.3) is 0 Å². The van der Waals surface area contributed by atoms with Crippen LogP contribution in [-0.4, -0.2) is 35.1 Å². The summed E-state index contributed by atoms with van der Waals surface area (Å²) in [5.74, 6) is 0.740. The number of benzene rings is 2. The van der Waals surface area contributed by atoms with Gasteiger partial charge in [-0.25, -0.2) is 0 Å². The van der Waals surface area contributed by atoms with E-state index in [0.29, 0.717) is 26.1 Å². The molecule has 0 spiro atoms. The minimum absolute atomic E-state index is 0.0224. The lowest BCUT2D eigenvalue weighted by molar-refractivity contribution is -0.129. The summed E-state index contributed by atoms with van der Waals surface area (Å²) in [5.41, 5.74) is 1.94. The maximum Gasteiger partial charge on any atom is 0.227 e. The monoisotopic (exact) mass is 389 g/mol. The molecular weight excluding hydrogens is 370 g/mol. The Kier molecular flexibility index (Phi) is 5.53. The molecule has 1 amide bonds. The van der Waals surface area contributed by atoms with Crippen LogP contribution >= 0.6 is 15.9 Å². The summed E-state index contributed by atoms with van der Waals surface area (Å²) in [4.78, 5) is 14.2. The van der Waals surface area contributed by atoms with E-state index in [1.807, 2.05) is 48.5 Å². The molecule has 0 saturated carbocycles. The number of amides is 1. The van der Waals surface area contributed by atoms with Crippen LogP contribution in [0.5, 0.6) is 5.75 Å². The molecule has 126 valence electrons. The molecule has 3 rings (SSSR count). The van der Waals surface area contributed by atoms with E-state index in [9.17, 15) is 9.90 Å². The van der Waals surface area contributed by atoms with Crippen LogP contribution < -0.4 is 4.74 Å². The van der Waals surface area contributed by atoms with Gasteiger partial charge >= 0.3 is 0 Å². The van der Waals surface area contributed by atoms with E-state index in [4.69, 9.17) is 4.74 Å². The fraction of sp³-hybridized carbons (Fsp3) is 0.316. The maximum absolute atomic E-state index is 12.4. The topological polar surface area (TPSA) is 49.8 Å². The molecule has 1 atom stereocenters. The van der Waals surface area contributed by atoms with E-state index >= 15 is 0 Å². The number of carbonyl (C=O) groups is 1.